The van der Waals surface area contributed by atoms with Crippen molar-refractivity contribution in [3.8, 4) is 11.3 Å². The predicted octanol–water partition coefficient (Wildman–Crippen LogP) is 2.27. The molecule has 0 atom stereocenters. The number of hydrogen-bond donors (Lipinski definition) is 0. The van der Waals surface area contributed by atoms with E-state index < -0.39 is 0 Å². The van der Waals surface area contributed by atoms with Gasteiger partial charge in [-0.15, -0.1) is 0 Å². The third-order valence-corrected chi connectivity index (χ3v) is 2.85. The van der Waals surface area contributed by atoms with Crippen molar-refractivity contribution in [1.82, 2.24) is 14.7 Å². The van der Waals surface area contributed by atoms with Gasteiger partial charge in [0.05, 0.1) is 5.69 Å². The molecule has 94 valence electrons. The van der Waals surface area contributed by atoms with Crippen LogP contribution in [0, 0.1) is 0 Å². The molecule has 1 amide bonds. The molecule has 4 heteroatoms. The lowest BCUT2D eigenvalue weighted by molar-refractivity contribution is 0.0827. The summed E-state index contributed by atoms with van der Waals surface area (Å²) in [6.07, 6.45) is 1.79. The first-order valence-corrected chi connectivity index (χ1v) is 5.97. The van der Waals surface area contributed by atoms with Crippen LogP contribution in [0.25, 0.3) is 11.3 Å². The zero-order valence-corrected chi connectivity index (χ0v) is 10.9. The number of carbonyl (C=O) groups is 1. The second kappa shape index (κ2) is 5.04. The molecular formula is C14H17N3O. The van der Waals surface area contributed by atoms with Crippen molar-refractivity contribution in [2.24, 2.45) is 0 Å². The Kier molecular flexibility index (Phi) is 3.46. The van der Waals surface area contributed by atoms with Crippen LogP contribution < -0.4 is 0 Å². The number of hydrogen-bond acceptors (Lipinski definition) is 2. The summed E-state index contributed by atoms with van der Waals surface area (Å²) in [5.41, 5.74) is 2.84. The van der Waals surface area contributed by atoms with E-state index >= 15 is 0 Å². The average Bonchev–Trinajstić information content (AvgIpc) is 2.86. The van der Waals surface area contributed by atoms with E-state index in [9.17, 15) is 4.79 Å². The molecule has 2 aromatic rings. The Labute approximate surface area is 107 Å². The Morgan fingerprint density at radius 1 is 1.22 bits per heavy atom. The Hall–Kier alpha value is -2.10. The van der Waals surface area contributed by atoms with Crippen molar-refractivity contribution in [2.75, 3.05) is 14.1 Å². The van der Waals surface area contributed by atoms with Gasteiger partial charge in [-0.25, -0.2) is 0 Å². The van der Waals surface area contributed by atoms with Gasteiger partial charge in [-0.2, -0.15) is 5.10 Å². The maximum Gasteiger partial charge on any atom is 0.253 e. The van der Waals surface area contributed by atoms with Crippen LogP contribution in [-0.4, -0.2) is 34.7 Å². The summed E-state index contributed by atoms with van der Waals surface area (Å²) in [5, 5.41) is 4.24. The fourth-order valence-corrected chi connectivity index (χ4v) is 1.87. The van der Waals surface area contributed by atoms with E-state index in [2.05, 4.69) is 12.0 Å². The van der Waals surface area contributed by atoms with Crippen molar-refractivity contribution in [2.45, 2.75) is 13.5 Å². The summed E-state index contributed by atoms with van der Waals surface area (Å²) in [6.45, 7) is 2.89. The monoisotopic (exact) mass is 243 g/mol. The normalized spacial score (nSPS) is 10.4. The van der Waals surface area contributed by atoms with Crippen LogP contribution >= 0.6 is 0 Å². The lowest BCUT2D eigenvalue weighted by atomic mass is 10.1. The first kappa shape index (κ1) is 12.4. The summed E-state index contributed by atoms with van der Waals surface area (Å²) in [6, 6.07) is 9.60. The number of benzene rings is 1. The third kappa shape index (κ3) is 2.27. The van der Waals surface area contributed by atoms with Gasteiger partial charge in [-0.05, 0) is 30.7 Å². The molecule has 0 fully saturated rings. The summed E-state index contributed by atoms with van der Waals surface area (Å²) in [5.74, 6) is 0.0190. The van der Waals surface area contributed by atoms with E-state index in [0.717, 1.165) is 17.8 Å². The highest BCUT2D eigenvalue weighted by molar-refractivity contribution is 5.94. The number of carbonyl (C=O) groups excluding carboxylic acids is 1. The van der Waals surface area contributed by atoms with E-state index in [-0.39, 0.29) is 5.91 Å². The Balaban J connectivity index is 2.31. The number of aromatic nitrogens is 2. The molecule has 2 rings (SSSR count). The molecule has 0 unspecified atom stereocenters. The maximum atomic E-state index is 11.8. The van der Waals surface area contributed by atoms with E-state index in [1.165, 1.54) is 0 Å². The minimum atomic E-state index is 0.0190. The largest absolute Gasteiger partial charge is 0.345 e. The molecule has 4 nitrogen and oxygen atoms in total. The molecule has 0 bridgehead atoms. The van der Waals surface area contributed by atoms with Crippen molar-refractivity contribution < 1.29 is 4.79 Å². The average molecular weight is 243 g/mol. The second-order valence-corrected chi connectivity index (χ2v) is 4.31. The molecule has 18 heavy (non-hydrogen) atoms. The van der Waals surface area contributed by atoms with Gasteiger partial charge in [0.1, 0.15) is 0 Å². The third-order valence-electron chi connectivity index (χ3n) is 2.85. The molecule has 0 spiro atoms. The smallest absolute Gasteiger partial charge is 0.253 e. The zero-order valence-electron chi connectivity index (χ0n) is 10.9. The summed E-state index contributed by atoms with van der Waals surface area (Å²) < 4.78 is 1.93. The summed E-state index contributed by atoms with van der Waals surface area (Å²) in [4.78, 5) is 13.3. The molecule has 0 radical (unpaired) electrons. The zero-order chi connectivity index (χ0) is 13.1. The van der Waals surface area contributed by atoms with Gasteiger partial charge in [0, 0.05) is 32.4 Å². The first-order chi connectivity index (χ1) is 8.63. The number of rotatable bonds is 3. The summed E-state index contributed by atoms with van der Waals surface area (Å²) >= 11 is 0. The Morgan fingerprint density at radius 2 is 1.89 bits per heavy atom. The predicted molar refractivity (Wildman–Crippen MR) is 71.4 cm³/mol. The minimum Gasteiger partial charge on any atom is -0.345 e. The fourth-order valence-electron chi connectivity index (χ4n) is 1.87. The van der Waals surface area contributed by atoms with Gasteiger partial charge >= 0.3 is 0 Å². The van der Waals surface area contributed by atoms with E-state index in [4.69, 9.17) is 0 Å². The van der Waals surface area contributed by atoms with Crippen LogP contribution in [0.2, 0.25) is 0 Å². The van der Waals surface area contributed by atoms with Crippen molar-refractivity contribution in [1.29, 1.82) is 0 Å². The number of nitrogens with zero attached hydrogens (tertiary/aromatic N) is 3. The molecule has 0 aliphatic rings. The molecule has 1 aromatic carbocycles. The molecule has 0 aliphatic carbocycles. The van der Waals surface area contributed by atoms with Crippen molar-refractivity contribution in [3.63, 3.8) is 0 Å². The van der Waals surface area contributed by atoms with Gasteiger partial charge in [-0.1, -0.05) is 12.1 Å². The van der Waals surface area contributed by atoms with Crippen LogP contribution in [0.1, 0.15) is 17.3 Å². The highest BCUT2D eigenvalue weighted by atomic mass is 16.2. The summed E-state index contributed by atoms with van der Waals surface area (Å²) in [7, 11) is 3.50. The lowest BCUT2D eigenvalue weighted by Crippen LogP contribution is -2.21. The van der Waals surface area contributed by atoms with Gasteiger partial charge in [-0.3, -0.25) is 9.48 Å². The first-order valence-electron chi connectivity index (χ1n) is 5.97. The fraction of sp³-hybridized carbons (Fsp3) is 0.286. The molecule has 1 heterocycles. The maximum absolute atomic E-state index is 11.8. The number of aryl methyl sites for hydroxylation is 1. The minimum absolute atomic E-state index is 0.0190. The molecule has 0 saturated heterocycles. The quantitative estimate of drug-likeness (QED) is 0.829. The van der Waals surface area contributed by atoms with E-state index in [1.807, 2.05) is 35.0 Å². The second-order valence-electron chi connectivity index (χ2n) is 4.31. The van der Waals surface area contributed by atoms with Crippen LogP contribution in [0.15, 0.2) is 36.5 Å². The van der Waals surface area contributed by atoms with Crippen LogP contribution in [0.3, 0.4) is 0 Å². The Morgan fingerprint density at radius 3 is 2.44 bits per heavy atom. The van der Waals surface area contributed by atoms with E-state index in [1.54, 1.807) is 25.2 Å². The standard InChI is InChI=1S/C14H17N3O/c1-4-17-13(9-10-15-17)11-5-7-12(8-6-11)14(18)16(2)3/h5-10H,4H2,1-3H3. The molecular weight excluding hydrogens is 226 g/mol. The van der Waals surface area contributed by atoms with Crippen LogP contribution in [-0.2, 0) is 6.54 Å². The number of amides is 1. The Bertz CT molecular complexity index is 540. The molecule has 0 saturated carbocycles. The highest BCUT2D eigenvalue weighted by Gasteiger charge is 2.09. The lowest BCUT2D eigenvalue weighted by Gasteiger charge is -2.11. The van der Waals surface area contributed by atoms with Crippen molar-refractivity contribution >= 4 is 5.91 Å². The van der Waals surface area contributed by atoms with Crippen LogP contribution in [0.5, 0.6) is 0 Å². The topological polar surface area (TPSA) is 38.1 Å². The molecule has 0 aliphatic heterocycles. The molecule has 1 aromatic heterocycles. The van der Waals surface area contributed by atoms with Crippen molar-refractivity contribution in [3.05, 3.63) is 42.1 Å². The van der Waals surface area contributed by atoms with E-state index in [0.29, 0.717) is 5.56 Å². The van der Waals surface area contributed by atoms with Gasteiger partial charge in [0.2, 0.25) is 0 Å². The highest BCUT2D eigenvalue weighted by Crippen LogP contribution is 2.19. The van der Waals surface area contributed by atoms with Gasteiger partial charge in [0.15, 0.2) is 0 Å². The van der Waals surface area contributed by atoms with Crippen LogP contribution in [0.4, 0.5) is 0 Å². The molecule has 0 N–H and O–H groups in total. The van der Waals surface area contributed by atoms with Gasteiger partial charge < -0.3 is 4.90 Å². The SMILES string of the molecule is CCn1nccc1-c1ccc(C(=O)N(C)C)cc1. The van der Waals surface area contributed by atoms with Gasteiger partial charge in [0.25, 0.3) is 5.91 Å².